The molecule has 0 spiro atoms. The zero-order valence-corrected chi connectivity index (χ0v) is 24.7. The summed E-state index contributed by atoms with van der Waals surface area (Å²) in [5.41, 5.74) is 3.81. The van der Waals surface area contributed by atoms with Crippen LogP contribution in [-0.2, 0) is 14.8 Å². The molecule has 1 aliphatic rings. The van der Waals surface area contributed by atoms with E-state index in [1.165, 1.54) is 6.08 Å². The van der Waals surface area contributed by atoms with E-state index < -0.39 is 15.9 Å². The van der Waals surface area contributed by atoms with E-state index in [0.29, 0.717) is 35.6 Å². The number of nitriles is 1. The van der Waals surface area contributed by atoms with E-state index in [-0.39, 0.29) is 22.3 Å². The molecule has 8 nitrogen and oxygen atoms in total. The van der Waals surface area contributed by atoms with E-state index in [1.807, 2.05) is 55.5 Å². The van der Waals surface area contributed by atoms with Crippen molar-refractivity contribution in [1.82, 2.24) is 14.1 Å². The quantitative estimate of drug-likeness (QED) is 0.212. The highest BCUT2D eigenvalue weighted by Gasteiger charge is 2.32. The van der Waals surface area contributed by atoms with Gasteiger partial charge in [-0.25, -0.2) is 13.1 Å². The largest absolute Gasteiger partial charge is 0.321 e. The maximum atomic E-state index is 13.7. The number of nitrogens with one attached hydrogen (secondary N) is 1. The Hall–Kier alpha value is -4.52. The van der Waals surface area contributed by atoms with Gasteiger partial charge in [-0.05, 0) is 67.7 Å². The summed E-state index contributed by atoms with van der Waals surface area (Å²) < 4.78 is 30.6. The van der Waals surface area contributed by atoms with Crippen LogP contribution in [-0.4, -0.2) is 41.5 Å². The Morgan fingerprint density at radius 1 is 1.00 bits per heavy atom. The molecule has 214 valence electrons. The second kappa shape index (κ2) is 12.1. The number of aromatic nitrogens is 2. The number of hydrogen-bond acceptors (Lipinski definition) is 5. The van der Waals surface area contributed by atoms with Crippen LogP contribution in [0.1, 0.15) is 31.4 Å². The maximum Gasteiger partial charge on any atom is 0.266 e. The highest BCUT2D eigenvalue weighted by Crippen LogP contribution is 2.31. The van der Waals surface area contributed by atoms with Crippen LogP contribution in [0.3, 0.4) is 0 Å². The monoisotopic (exact) mass is 579 g/mol. The third-order valence-corrected chi connectivity index (χ3v) is 9.15. The van der Waals surface area contributed by atoms with Crippen molar-refractivity contribution in [2.45, 2.75) is 32.1 Å². The second-order valence-corrected chi connectivity index (χ2v) is 12.9. The molecule has 0 aliphatic carbocycles. The average molecular weight is 580 g/mol. The molecule has 1 saturated heterocycles. The molecule has 2 atom stereocenters. The van der Waals surface area contributed by atoms with Gasteiger partial charge in [0.1, 0.15) is 17.3 Å². The lowest BCUT2D eigenvalue weighted by Gasteiger charge is -2.34. The fraction of sp³-hybridized carbons (Fsp3) is 0.242. The van der Waals surface area contributed by atoms with Gasteiger partial charge in [-0.3, -0.25) is 4.79 Å². The number of amides is 1. The SMILES string of the molecule is Cc1ccc(NC(=O)/C(C#N)=C\c2cn(-c3ccccc3)nc2-c2cccc(S(=O)(=O)N3CC(C)CC(C)C3)c2)cc1. The number of sulfonamides is 1. The fourth-order valence-electron chi connectivity index (χ4n) is 5.32. The Labute approximate surface area is 247 Å². The molecule has 1 amide bonds. The van der Waals surface area contributed by atoms with Crippen LogP contribution < -0.4 is 5.32 Å². The molecule has 1 fully saturated rings. The molecule has 0 bridgehead atoms. The molecule has 4 aromatic rings. The zero-order valence-electron chi connectivity index (χ0n) is 23.9. The molecular weight excluding hydrogens is 546 g/mol. The molecule has 3 aromatic carbocycles. The minimum Gasteiger partial charge on any atom is -0.321 e. The number of carbonyl (C=O) groups is 1. The fourth-order valence-corrected chi connectivity index (χ4v) is 7.05. The van der Waals surface area contributed by atoms with Gasteiger partial charge in [-0.15, -0.1) is 0 Å². The first-order valence-electron chi connectivity index (χ1n) is 13.9. The molecular formula is C33H33N5O3S. The summed E-state index contributed by atoms with van der Waals surface area (Å²) in [5, 5.41) is 17.5. The summed E-state index contributed by atoms with van der Waals surface area (Å²) in [6, 6.07) is 25.4. The first-order valence-corrected chi connectivity index (χ1v) is 15.3. The topological polar surface area (TPSA) is 108 Å². The van der Waals surface area contributed by atoms with Crippen molar-refractivity contribution in [3.63, 3.8) is 0 Å². The lowest BCUT2D eigenvalue weighted by Crippen LogP contribution is -2.42. The van der Waals surface area contributed by atoms with Crippen LogP contribution in [0.25, 0.3) is 23.0 Å². The van der Waals surface area contributed by atoms with Gasteiger partial charge in [-0.1, -0.05) is 61.9 Å². The number of rotatable bonds is 7. The van der Waals surface area contributed by atoms with Crippen LogP contribution >= 0.6 is 0 Å². The van der Waals surface area contributed by atoms with Crippen molar-refractivity contribution in [2.24, 2.45) is 11.8 Å². The Morgan fingerprint density at radius 2 is 1.69 bits per heavy atom. The molecule has 0 radical (unpaired) electrons. The van der Waals surface area contributed by atoms with E-state index in [4.69, 9.17) is 5.10 Å². The number of para-hydroxylation sites is 1. The van der Waals surface area contributed by atoms with Crippen molar-refractivity contribution in [1.29, 1.82) is 5.26 Å². The van der Waals surface area contributed by atoms with Crippen molar-refractivity contribution in [3.8, 4) is 23.0 Å². The zero-order chi connectivity index (χ0) is 29.9. The van der Waals surface area contributed by atoms with Gasteiger partial charge >= 0.3 is 0 Å². The third kappa shape index (κ3) is 6.35. The van der Waals surface area contributed by atoms with Crippen LogP contribution in [0.5, 0.6) is 0 Å². The number of benzene rings is 3. The summed E-state index contributed by atoms with van der Waals surface area (Å²) in [6.45, 7) is 7.06. The minimum atomic E-state index is -3.73. The molecule has 2 heterocycles. The molecule has 1 N–H and O–H groups in total. The van der Waals surface area contributed by atoms with Gasteiger partial charge in [0.15, 0.2) is 0 Å². The van der Waals surface area contributed by atoms with Gasteiger partial charge in [0.05, 0.1) is 10.6 Å². The number of nitrogens with zero attached hydrogens (tertiary/aromatic N) is 4. The van der Waals surface area contributed by atoms with E-state index >= 15 is 0 Å². The van der Waals surface area contributed by atoms with Crippen LogP contribution in [0.2, 0.25) is 0 Å². The Kier molecular flexibility index (Phi) is 8.39. The third-order valence-electron chi connectivity index (χ3n) is 7.32. The molecule has 2 unspecified atom stereocenters. The molecule has 42 heavy (non-hydrogen) atoms. The molecule has 1 aromatic heterocycles. The molecule has 0 saturated carbocycles. The number of hydrogen-bond donors (Lipinski definition) is 1. The number of carbonyl (C=O) groups excluding carboxylic acids is 1. The van der Waals surface area contributed by atoms with Crippen LogP contribution in [0.15, 0.2) is 95.5 Å². The minimum absolute atomic E-state index is 0.107. The van der Waals surface area contributed by atoms with Crippen LogP contribution in [0, 0.1) is 30.1 Å². The Morgan fingerprint density at radius 3 is 2.36 bits per heavy atom. The first-order chi connectivity index (χ1) is 20.1. The van der Waals surface area contributed by atoms with Crippen molar-refractivity contribution in [3.05, 3.63) is 102 Å². The van der Waals surface area contributed by atoms with Gasteiger partial charge < -0.3 is 5.32 Å². The van der Waals surface area contributed by atoms with Crippen molar-refractivity contribution < 1.29 is 13.2 Å². The molecule has 5 rings (SSSR count). The van der Waals surface area contributed by atoms with E-state index in [9.17, 15) is 18.5 Å². The number of piperidine rings is 1. The maximum absolute atomic E-state index is 13.7. The summed E-state index contributed by atoms with van der Waals surface area (Å²) in [6.07, 6.45) is 4.22. The Bertz CT molecular complexity index is 1760. The molecule has 9 heteroatoms. The van der Waals surface area contributed by atoms with Gasteiger partial charge in [0, 0.05) is 36.1 Å². The summed E-state index contributed by atoms with van der Waals surface area (Å²) in [7, 11) is -3.73. The van der Waals surface area contributed by atoms with E-state index in [0.717, 1.165) is 17.7 Å². The summed E-state index contributed by atoms with van der Waals surface area (Å²) in [5.74, 6) is 0.00499. The summed E-state index contributed by atoms with van der Waals surface area (Å²) >= 11 is 0. The highest BCUT2D eigenvalue weighted by molar-refractivity contribution is 7.89. The summed E-state index contributed by atoms with van der Waals surface area (Å²) in [4.78, 5) is 13.2. The highest BCUT2D eigenvalue weighted by atomic mass is 32.2. The second-order valence-electron chi connectivity index (χ2n) is 11.0. The predicted octanol–water partition coefficient (Wildman–Crippen LogP) is 6.06. The lowest BCUT2D eigenvalue weighted by molar-refractivity contribution is -0.112. The number of anilines is 1. The lowest BCUT2D eigenvalue weighted by atomic mass is 9.94. The van der Waals surface area contributed by atoms with Crippen molar-refractivity contribution in [2.75, 3.05) is 18.4 Å². The predicted molar refractivity (Wildman–Crippen MR) is 164 cm³/mol. The van der Waals surface area contributed by atoms with Gasteiger partial charge in [0.2, 0.25) is 10.0 Å². The smallest absolute Gasteiger partial charge is 0.266 e. The normalized spacial score (nSPS) is 17.9. The molecule has 1 aliphatic heterocycles. The number of aryl methyl sites for hydroxylation is 1. The average Bonchev–Trinajstić information content (AvgIpc) is 3.41. The first kappa shape index (κ1) is 29.0. The van der Waals surface area contributed by atoms with Crippen LogP contribution in [0.4, 0.5) is 5.69 Å². The van der Waals surface area contributed by atoms with E-state index in [2.05, 4.69) is 19.2 Å². The van der Waals surface area contributed by atoms with Gasteiger partial charge in [0.25, 0.3) is 5.91 Å². The Balaban J connectivity index is 1.55. The van der Waals surface area contributed by atoms with E-state index in [1.54, 1.807) is 51.6 Å². The standard InChI is InChI=1S/C33H33N5O3S/c1-23-12-14-29(15-13-23)35-33(39)27(19-34)17-28-22-38(30-9-5-4-6-10-30)36-32(28)26-8-7-11-31(18-26)42(40,41)37-20-24(2)16-25(3)21-37/h4-15,17-18,22,24-25H,16,20-21H2,1-3H3,(H,35,39)/b27-17-. The van der Waals surface area contributed by atoms with Gasteiger partial charge in [-0.2, -0.15) is 14.7 Å². The van der Waals surface area contributed by atoms with Crippen molar-refractivity contribution >= 4 is 27.7 Å².